The Bertz CT molecular complexity index is 737. The van der Waals surface area contributed by atoms with Crippen molar-refractivity contribution in [2.45, 2.75) is 39.8 Å². The fourth-order valence-electron chi connectivity index (χ4n) is 3.57. The number of methoxy groups -OCH3 is 1. The van der Waals surface area contributed by atoms with Crippen LogP contribution in [0.25, 0.3) is 0 Å². The van der Waals surface area contributed by atoms with Gasteiger partial charge in [-0.1, -0.05) is 18.2 Å². The van der Waals surface area contributed by atoms with Crippen LogP contribution in [0.3, 0.4) is 0 Å². The average Bonchev–Trinajstić information content (AvgIpc) is 2.55. The summed E-state index contributed by atoms with van der Waals surface area (Å²) in [6.07, 6.45) is 1.03. The van der Waals surface area contributed by atoms with Crippen LogP contribution in [0, 0.1) is 20.8 Å². The summed E-state index contributed by atoms with van der Waals surface area (Å²) in [6.45, 7) is 7.35. The molecule has 1 unspecified atom stereocenters. The van der Waals surface area contributed by atoms with Gasteiger partial charge in [0.05, 0.1) is 19.8 Å². The van der Waals surface area contributed by atoms with E-state index in [-0.39, 0.29) is 12.6 Å². The molecule has 0 spiro atoms. The van der Waals surface area contributed by atoms with Crippen LogP contribution in [0.4, 0.5) is 0 Å². The quantitative estimate of drug-likeness (QED) is 0.913. The molecule has 0 fully saturated rings. The second kappa shape index (κ2) is 6.34. The van der Waals surface area contributed by atoms with Crippen molar-refractivity contribution in [1.29, 1.82) is 0 Å². The lowest BCUT2D eigenvalue weighted by atomic mass is 9.85. The molecular formula is C20H25NO2. The summed E-state index contributed by atoms with van der Waals surface area (Å²) in [6, 6.07) is 8.91. The third-order valence-corrected chi connectivity index (χ3v) is 4.92. The lowest BCUT2D eigenvalue weighted by molar-refractivity contribution is 0.280. The van der Waals surface area contributed by atoms with E-state index in [9.17, 15) is 5.11 Å². The molecule has 122 valence electrons. The molecule has 0 amide bonds. The Hall–Kier alpha value is -1.84. The molecule has 0 saturated heterocycles. The van der Waals surface area contributed by atoms with Gasteiger partial charge in [-0.05, 0) is 72.2 Å². The fraction of sp³-hybridized carbons (Fsp3) is 0.400. The first-order valence-corrected chi connectivity index (χ1v) is 8.16. The molecule has 0 aromatic heterocycles. The van der Waals surface area contributed by atoms with Crippen LogP contribution in [0.2, 0.25) is 0 Å². The highest BCUT2D eigenvalue weighted by Crippen LogP contribution is 2.35. The summed E-state index contributed by atoms with van der Waals surface area (Å²) >= 11 is 0. The second-order valence-electron chi connectivity index (χ2n) is 6.45. The van der Waals surface area contributed by atoms with Crippen molar-refractivity contribution >= 4 is 0 Å². The molecule has 1 atom stereocenters. The van der Waals surface area contributed by atoms with E-state index < -0.39 is 0 Å². The van der Waals surface area contributed by atoms with E-state index in [2.05, 4.69) is 50.4 Å². The fourth-order valence-corrected chi connectivity index (χ4v) is 3.57. The number of hydrogen-bond donors (Lipinski definition) is 2. The van der Waals surface area contributed by atoms with Gasteiger partial charge in [0.25, 0.3) is 0 Å². The normalized spacial score (nSPS) is 17.0. The number of aryl methyl sites for hydroxylation is 3. The predicted octanol–water partition coefficient (Wildman–Crippen LogP) is 3.35. The number of hydrogen-bond acceptors (Lipinski definition) is 3. The Labute approximate surface area is 138 Å². The number of rotatable bonds is 3. The predicted molar refractivity (Wildman–Crippen MR) is 93.1 cm³/mol. The molecule has 0 saturated carbocycles. The van der Waals surface area contributed by atoms with Gasteiger partial charge in [-0.2, -0.15) is 0 Å². The summed E-state index contributed by atoms with van der Waals surface area (Å²) in [4.78, 5) is 0. The van der Waals surface area contributed by atoms with Crippen molar-refractivity contribution in [2.75, 3.05) is 13.7 Å². The summed E-state index contributed by atoms with van der Waals surface area (Å²) < 4.78 is 5.44. The zero-order valence-corrected chi connectivity index (χ0v) is 14.4. The first-order chi connectivity index (χ1) is 11.0. The van der Waals surface area contributed by atoms with Crippen LogP contribution in [0.1, 0.15) is 45.0 Å². The smallest absolute Gasteiger partial charge is 0.122 e. The van der Waals surface area contributed by atoms with Gasteiger partial charge in [0.2, 0.25) is 0 Å². The van der Waals surface area contributed by atoms with E-state index in [1.807, 2.05) is 0 Å². The minimum Gasteiger partial charge on any atom is -0.496 e. The first-order valence-electron chi connectivity index (χ1n) is 8.16. The van der Waals surface area contributed by atoms with E-state index in [4.69, 9.17) is 4.74 Å². The molecule has 0 bridgehead atoms. The summed E-state index contributed by atoms with van der Waals surface area (Å²) in [7, 11) is 1.71. The molecule has 2 aromatic carbocycles. The second-order valence-corrected chi connectivity index (χ2v) is 6.45. The minimum absolute atomic E-state index is 0.0897. The maximum Gasteiger partial charge on any atom is 0.122 e. The van der Waals surface area contributed by atoms with Crippen molar-refractivity contribution in [3.05, 3.63) is 63.2 Å². The summed E-state index contributed by atoms with van der Waals surface area (Å²) in [5.41, 5.74) is 8.53. The molecule has 23 heavy (non-hydrogen) atoms. The Morgan fingerprint density at radius 1 is 1.04 bits per heavy atom. The van der Waals surface area contributed by atoms with Gasteiger partial charge in [0.1, 0.15) is 5.75 Å². The molecule has 2 N–H and O–H groups in total. The third-order valence-electron chi connectivity index (χ3n) is 4.92. The van der Waals surface area contributed by atoms with Crippen molar-refractivity contribution in [3.63, 3.8) is 0 Å². The standard InChI is InChI=1S/C20H25NO2/c1-12-7-15-5-6-21-20(18(15)10-16(12)11-22)17-8-14(3)19(23-4)9-13(17)2/h7-10,20-22H,5-6,11H2,1-4H3. The van der Waals surface area contributed by atoms with Crippen LogP contribution in [-0.4, -0.2) is 18.8 Å². The van der Waals surface area contributed by atoms with E-state index in [0.29, 0.717) is 0 Å². The molecule has 0 radical (unpaired) electrons. The van der Waals surface area contributed by atoms with Crippen LogP contribution >= 0.6 is 0 Å². The maximum atomic E-state index is 9.61. The monoisotopic (exact) mass is 311 g/mol. The van der Waals surface area contributed by atoms with Crippen LogP contribution in [-0.2, 0) is 13.0 Å². The number of benzene rings is 2. The molecule has 3 rings (SSSR count). The van der Waals surface area contributed by atoms with E-state index in [1.54, 1.807) is 7.11 Å². The Morgan fingerprint density at radius 2 is 1.83 bits per heavy atom. The van der Waals surface area contributed by atoms with E-state index in [0.717, 1.165) is 29.8 Å². The Balaban J connectivity index is 2.12. The Morgan fingerprint density at radius 3 is 2.52 bits per heavy atom. The third kappa shape index (κ3) is 2.87. The molecule has 1 heterocycles. The summed E-state index contributed by atoms with van der Waals surface area (Å²) in [5, 5.41) is 13.3. The SMILES string of the molecule is COc1cc(C)c(C2NCCc3cc(C)c(CO)cc32)cc1C. The zero-order valence-electron chi connectivity index (χ0n) is 14.4. The van der Waals surface area contributed by atoms with Crippen molar-refractivity contribution < 1.29 is 9.84 Å². The van der Waals surface area contributed by atoms with Gasteiger partial charge in [-0.3, -0.25) is 0 Å². The van der Waals surface area contributed by atoms with Gasteiger partial charge < -0.3 is 15.2 Å². The zero-order chi connectivity index (χ0) is 16.6. The van der Waals surface area contributed by atoms with Crippen LogP contribution < -0.4 is 10.1 Å². The molecule has 0 aliphatic carbocycles. The van der Waals surface area contributed by atoms with Crippen LogP contribution in [0.5, 0.6) is 5.75 Å². The lowest BCUT2D eigenvalue weighted by Crippen LogP contribution is -2.31. The van der Waals surface area contributed by atoms with Gasteiger partial charge in [0, 0.05) is 6.54 Å². The van der Waals surface area contributed by atoms with E-state index in [1.165, 1.54) is 27.8 Å². The molecule has 3 heteroatoms. The van der Waals surface area contributed by atoms with Crippen LogP contribution in [0.15, 0.2) is 24.3 Å². The van der Waals surface area contributed by atoms with Gasteiger partial charge >= 0.3 is 0 Å². The Kier molecular flexibility index (Phi) is 4.42. The first kappa shape index (κ1) is 16.0. The largest absolute Gasteiger partial charge is 0.496 e. The topological polar surface area (TPSA) is 41.5 Å². The van der Waals surface area contributed by atoms with Crippen molar-refractivity contribution in [2.24, 2.45) is 0 Å². The minimum atomic E-state index is 0.0897. The highest BCUT2D eigenvalue weighted by Gasteiger charge is 2.24. The lowest BCUT2D eigenvalue weighted by Gasteiger charge is -2.30. The van der Waals surface area contributed by atoms with E-state index >= 15 is 0 Å². The number of aliphatic hydroxyl groups excluding tert-OH is 1. The van der Waals surface area contributed by atoms with Gasteiger partial charge in [-0.15, -0.1) is 0 Å². The molecule has 1 aliphatic heterocycles. The molecular weight excluding hydrogens is 286 g/mol. The molecule has 2 aromatic rings. The number of ether oxygens (including phenoxy) is 1. The van der Waals surface area contributed by atoms with Crippen molar-refractivity contribution in [3.8, 4) is 5.75 Å². The summed E-state index contributed by atoms with van der Waals surface area (Å²) in [5.74, 6) is 0.933. The average molecular weight is 311 g/mol. The van der Waals surface area contributed by atoms with Crippen molar-refractivity contribution in [1.82, 2.24) is 5.32 Å². The van der Waals surface area contributed by atoms with Gasteiger partial charge in [-0.25, -0.2) is 0 Å². The number of aliphatic hydroxyl groups is 1. The molecule has 3 nitrogen and oxygen atoms in total. The number of fused-ring (bicyclic) bond motifs is 1. The van der Waals surface area contributed by atoms with Gasteiger partial charge in [0.15, 0.2) is 0 Å². The maximum absolute atomic E-state index is 9.61. The molecule has 1 aliphatic rings. The number of nitrogens with one attached hydrogen (secondary N) is 1. The highest BCUT2D eigenvalue weighted by atomic mass is 16.5. The highest BCUT2D eigenvalue weighted by molar-refractivity contribution is 5.50.